The number of carbonyl (C=O) groups is 2. The molecule has 0 bridgehead atoms. The highest BCUT2D eigenvalue weighted by molar-refractivity contribution is 5.96. The summed E-state index contributed by atoms with van der Waals surface area (Å²) in [7, 11) is 0. The van der Waals surface area contributed by atoms with E-state index in [2.05, 4.69) is 22.3 Å². The van der Waals surface area contributed by atoms with Crippen LogP contribution in [0, 0.1) is 0 Å². The van der Waals surface area contributed by atoms with Crippen LogP contribution in [0.2, 0.25) is 0 Å². The smallest absolute Gasteiger partial charge is 0.251 e. The van der Waals surface area contributed by atoms with Crippen LogP contribution in [0.3, 0.4) is 0 Å². The first-order chi connectivity index (χ1) is 14.7. The van der Waals surface area contributed by atoms with E-state index in [0.717, 1.165) is 63.5 Å². The number of piperidine rings is 1. The van der Waals surface area contributed by atoms with Gasteiger partial charge in [0, 0.05) is 50.4 Å². The monoisotopic (exact) mass is 407 g/mol. The maximum Gasteiger partial charge on any atom is 0.251 e. The van der Waals surface area contributed by atoms with E-state index in [1.54, 1.807) is 12.1 Å². The van der Waals surface area contributed by atoms with Crippen molar-refractivity contribution < 1.29 is 14.3 Å². The van der Waals surface area contributed by atoms with E-state index < -0.39 is 0 Å². The lowest BCUT2D eigenvalue weighted by Crippen LogP contribution is -2.36. The molecule has 4 rings (SSSR count). The van der Waals surface area contributed by atoms with Gasteiger partial charge in [-0.2, -0.15) is 0 Å². The van der Waals surface area contributed by atoms with Gasteiger partial charge >= 0.3 is 0 Å². The predicted molar refractivity (Wildman–Crippen MR) is 116 cm³/mol. The van der Waals surface area contributed by atoms with Crippen LogP contribution in [0.15, 0.2) is 48.5 Å². The predicted octanol–water partition coefficient (Wildman–Crippen LogP) is 2.97. The molecule has 2 aromatic rings. The third-order valence-electron chi connectivity index (χ3n) is 5.82. The highest BCUT2D eigenvalue weighted by atomic mass is 16.5. The second kappa shape index (κ2) is 9.87. The van der Waals surface area contributed by atoms with Crippen molar-refractivity contribution in [3.05, 3.63) is 65.2 Å². The van der Waals surface area contributed by atoms with Crippen LogP contribution in [0.5, 0.6) is 0 Å². The number of nitrogens with zero attached hydrogens (tertiary/aromatic N) is 2. The van der Waals surface area contributed by atoms with Crippen molar-refractivity contribution in [2.24, 2.45) is 0 Å². The van der Waals surface area contributed by atoms with Crippen LogP contribution in [0.1, 0.15) is 40.7 Å². The Morgan fingerprint density at radius 3 is 2.40 bits per heavy atom. The quantitative estimate of drug-likeness (QED) is 0.800. The zero-order valence-corrected chi connectivity index (χ0v) is 17.3. The molecule has 2 heterocycles. The van der Waals surface area contributed by atoms with Gasteiger partial charge in [-0.1, -0.05) is 24.3 Å². The van der Waals surface area contributed by atoms with Gasteiger partial charge in [-0.05, 0) is 48.2 Å². The van der Waals surface area contributed by atoms with E-state index in [0.29, 0.717) is 18.5 Å². The second-order valence-corrected chi connectivity index (χ2v) is 7.89. The number of anilines is 1. The molecule has 2 aliphatic heterocycles. The molecule has 6 heteroatoms. The molecule has 6 nitrogen and oxygen atoms in total. The zero-order valence-electron chi connectivity index (χ0n) is 17.3. The first kappa shape index (κ1) is 20.6. The number of morpholine rings is 1. The maximum atomic E-state index is 12.7. The van der Waals surface area contributed by atoms with Gasteiger partial charge in [0.15, 0.2) is 0 Å². The molecule has 0 atom stereocenters. The molecule has 0 saturated carbocycles. The summed E-state index contributed by atoms with van der Waals surface area (Å²) in [6.45, 7) is 5.54. The Balaban J connectivity index is 1.36. The molecule has 0 radical (unpaired) electrons. The standard InChI is InChI=1S/C24H29N3O3/c28-23-7-3-4-12-27(23)22-10-8-19(9-11-22)24(29)25-17-20-5-1-2-6-21(20)18-26-13-15-30-16-14-26/h1-2,5-6,8-11H,3-4,7,12-18H2,(H,25,29). The van der Waals surface area contributed by atoms with Crippen molar-refractivity contribution in [3.63, 3.8) is 0 Å². The summed E-state index contributed by atoms with van der Waals surface area (Å²) in [4.78, 5) is 28.9. The fourth-order valence-corrected chi connectivity index (χ4v) is 4.03. The summed E-state index contributed by atoms with van der Waals surface area (Å²) in [5.74, 6) is 0.0584. The van der Waals surface area contributed by atoms with Crippen LogP contribution < -0.4 is 10.2 Å². The molecule has 2 amide bonds. The molecule has 2 aromatic carbocycles. The average molecular weight is 408 g/mol. The third-order valence-corrected chi connectivity index (χ3v) is 5.82. The molecule has 2 aliphatic rings. The molecule has 0 aromatic heterocycles. The highest BCUT2D eigenvalue weighted by Crippen LogP contribution is 2.21. The van der Waals surface area contributed by atoms with Gasteiger partial charge in [0.25, 0.3) is 5.91 Å². The number of benzene rings is 2. The number of nitrogens with one attached hydrogen (secondary N) is 1. The van der Waals surface area contributed by atoms with Gasteiger partial charge in [-0.25, -0.2) is 0 Å². The van der Waals surface area contributed by atoms with Crippen LogP contribution in [-0.2, 0) is 22.6 Å². The molecule has 158 valence electrons. The lowest BCUT2D eigenvalue weighted by Gasteiger charge is -2.27. The molecule has 30 heavy (non-hydrogen) atoms. The Morgan fingerprint density at radius 1 is 0.933 bits per heavy atom. The van der Waals surface area contributed by atoms with Crippen molar-refractivity contribution in [1.82, 2.24) is 10.2 Å². The van der Waals surface area contributed by atoms with Gasteiger partial charge < -0.3 is 15.0 Å². The van der Waals surface area contributed by atoms with Crippen molar-refractivity contribution in [2.45, 2.75) is 32.4 Å². The molecule has 2 fully saturated rings. The third kappa shape index (κ3) is 5.07. The Bertz CT molecular complexity index is 876. The minimum absolute atomic E-state index is 0.104. The summed E-state index contributed by atoms with van der Waals surface area (Å²) < 4.78 is 5.43. The first-order valence-electron chi connectivity index (χ1n) is 10.8. The fraction of sp³-hybridized carbons (Fsp3) is 0.417. The number of ether oxygens (including phenoxy) is 1. The number of rotatable bonds is 6. The maximum absolute atomic E-state index is 12.7. The Hall–Kier alpha value is -2.70. The van der Waals surface area contributed by atoms with E-state index >= 15 is 0 Å². The first-order valence-corrected chi connectivity index (χ1v) is 10.8. The van der Waals surface area contributed by atoms with E-state index in [-0.39, 0.29) is 11.8 Å². The van der Waals surface area contributed by atoms with Crippen LogP contribution in [0.25, 0.3) is 0 Å². The van der Waals surface area contributed by atoms with Crippen LogP contribution in [0.4, 0.5) is 5.69 Å². The average Bonchev–Trinajstić information content (AvgIpc) is 2.79. The number of amides is 2. The summed E-state index contributed by atoms with van der Waals surface area (Å²) in [6, 6.07) is 15.6. The molecular formula is C24H29N3O3. The van der Waals surface area contributed by atoms with Gasteiger partial charge in [0.05, 0.1) is 13.2 Å². The van der Waals surface area contributed by atoms with Crippen LogP contribution >= 0.6 is 0 Å². The zero-order chi connectivity index (χ0) is 20.8. The topological polar surface area (TPSA) is 61.9 Å². The van der Waals surface area contributed by atoms with E-state index in [1.165, 1.54) is 5.56 Å². The summed E-state index contributed by atoms with van der Waals surface area (Å²) >= 11 is 0. The summed E-state index contributed by atoms with van der Waals surface area (Å²) in [5, 5.41) is 3.04. The minimum Gasteiger partial charge on any atom is -0.379 e. The Morgan fingerprint density at radius 2 is 1.67 bits per heavy atom. The van der Waals surface area contributed by atoms with Crippen molar-refractivity contribution >= 4 is 17.5 Å². The van der Waals surface area contributed by atoms with Gasteiger partial charge in [0.2, 0.25) is 5.91 Å². The lowest BCUT2D eigenvalue weighted by molar-refractivity contribution is -0.119. The Kier molecular flexibility index (Phi) is 6.77. The molecule has 0 unspecified atom stereocenters. The number of hydrogen-bond acceptors (Lipinski definition) is 4. The molecule has 0 spiro atoms. The number of hydrogen-bond donors (Lipinski definition) is 1. The van der Waals surface area contributed by atoms with E-state index in [1.807, 2.05) is 29.2 Å². The van der Waals surface area contributed by atoms with Crippen molar-refractivity contribution in [2.75, 3.05) is 37.7 Å². The SMILES string of the molecule is O=C(NCc1ccccc1CN1CCOCC1)c1ccc(N2CCCCC2=O)cc1. The van der Waals surface area contributed by atoms with Gasteiger partial charge in [-0.15, -0.1) is 0 Å². The van der Waals surface area contributed by atoms with Crippen LogP contribution in [-0.4, -0.2) is 49.6 Å². The largest absolute Gasteiger partial charge is 0.379 e. The lowest BCUT2D eigenvalue weighted by atomic mass is 10.1. The molecule has 1 N–H and O–H groups in total. The highest BCUT2D eigenvalue weighted by Gasteiger charge is 2.20. The van der Waals surface area contributed by atoms with Crippen molar-refractivity contribution in [3.8, 4) is 0 Å². The normalized spacial score (nSPS) is 17.7. The number of carbonyl (C=O) groups excluding carboxylic acids is 2. The fourth-order valence-electron chi connectivity index (χ4n) is 4.03. The second-order valence-electron chi connectivity index (χ2n) is 7.89. The van der Waals surface area contributed by atoms with E-state index in [4.69, 9.17) is 4.74 Å². The minimum atomic E-state index is -0.104. The molecular weight excluding hydrogens is 378 g/mol. The van der Waals surface area contributed by atoms with Crippen molar-refractivity contribution in [1.29, 1.82) is 0 Å². The molecule has 0 aliphatic carbocycles. The summed E-state index contributed by atoms with van der Waals surface area (Å²) in [6.07, 6.45) is 2.59. The summed E-state index contributed by atoms with van der Waals surface area (Å²) in [5.41, 5.74) is 3.84. The molecule has 2 saturated heterocycles. The van der Waals surface area contributed by atoms with Gasteiger partial charge in [0.1, 0.15) is 0 Å². The Labute approximate surface area is 177 Å². The van der Waals surface area contributed by atoms with Gasteiger partial charge in [-0.3, -0.25) is 14.5 Å². The van der Waals surface area contributed by atoms with E-state index in [9.17, 15) is 9.59 Å².